The molecule has 3 nitrogen and oxygen atoms in total. The summed E-state index contributed by atoms with van der Waals surface area (Å²) in [5.74, 6) is 0. The second-order valence-electron chi connectivity index (χ2n) is 4.31. The Hall–Kier alpha value is -2.16. The lowest BCUT2D eigenvalue weighted by Crippen LogP contribution is -1.99. The van der Waals surface area contributed by atoms with Crippen LogP contribution in [-0.2, 0) is 13.0 Å². The summed E-state index contributed by atoms with van der Waals surface area (Å²) < 4.78 is 0. The molecule has 0 atom stereocenters. The maximum atomic E-state index is 4.59. The highest BCUT2D eigenvalue weighted by molar-refractivity contribution is 5.84. The highest BCUT2D eigenvalue weighted by Gasteiger charge is 2.19. The molecule has 0 aliphatic heterocycles. The minimum absolute atomic E-state index is 0.777. The maximum absolute atomic E-state index is 4.59. The number of benzene rings is 1. The number of aryl methyl sites for hydroxylation is 1. The topological polar surface area (TPSA) is 30.7 Å². The Morgan fingerprint density at radius 2 is 2.06 bits per heavy atom. The molecule has 3 heteroatoms. The van der Waals surface area contributed by atoms with Crippen LogP contribution in [0.4, 0.5) is 0 Å². The Labute approximate surface area is 106 Å². The average Bonchev–Trinajstić information content (AvgIpc) is 2.78. The zero-order chi connectivity index (χ0) is 12.5. The first-order valence-corrected chi connectivity index (χ1v) is 6.20. The van der Waals surface area contributed by atoms with Gasteiger partial charge >= 0.3 is 0 Å². The second kappa shape index (κ2) is 4.26. The second-order valence-corrected chi connectivity index (χ2v) is 4.31. The zero-order valence-electron chi connectivity index (χ0n) is 10.4. The molecule has 1 aromatic heterocycles. The van der Waals surface area contributed by atoms with Crippen molar-refractivity contribution in [2.24, 2.45) is 0 Å². The lowest BCUT2D eigenvalue weighted by molar-refractivity contribution is 0.569. The molecule has 0 spiro atoms. The number of aromatic nitrogens is 3. The van der Waals surface area contributed by atoms with Crippen molar-refractivity contribution in [3.8, 4) is 11.3 Å². The third kappa shape index (κ3) is 1.59. The molecule has 1 aliphatic rings. The fraction of sp³-hybridized carbons (Fsp3) is 0.200. The van der Waals surface area contributed by atoms with Crippen LogP contribution in [0, 0.1) is 0 Å². The molecule has 1 aliphatic carbocycles. The summed E-state index contributed by atoms with van der Waals surface area (Å²) in [4.78, 5) is 1.74. The predicted octanol–water partition coefficient (Wildman–Crippen LogP) is 3.09. The molecule has 1 aromatic carbocycles. The summed E-state index contributed by atoms with van der Waals surface area (Å²) >= 11 is 0. The van der Waals surface area contributed by atoms with Gasteiger partial charge in [0.1, 0.15) is 11.4 Å². The van der Waals surface area contributed by atoms with E-state index < -0.39 is 0 Å². The lowest BCUT2D eigenvalue weighted by atomic mass is 10.0. The first kappa shape index (κ1) is 11.0. The summed E-state index contributed by atoms with van der Waals surface area (Å²) in [6.07, 6.45) is 4.94. The predicted molar refractivity (Wildman–Crippen MR) is 73.0 cm³/mol. The van der Waals surface area contributed by atoms with Gasteiger partial charge in [-0.05, 0) is 18.9 Å². The highest BCUT2D eigenvalue weighted by Crippen LogP contribution is 2.32. The summed E-state index contributed by atoms with van der Waals surface area (Å²) in [5, 5.41) is 9.13. The first-order valence-electron chi connectivity index (χ1n) is 6.20. The van der Waals surface area contributed by atoms with Crippen LogP contribution in [0.25, 0.3) is 16.8 Å². The summed E-state index contributed by atoms with van der Waals surface area (Å²) in [7, 11) is 0. The molecule has 0 radical (unpaired) electrons. The maximum Gasteiger partial charge on any atom is 0.121 e. The van der Waals surface area contributed by atoms with Gasteiger partial charge in [0.05, 0.1) is 6.54 Å². The van der Waals surface area contributed by atoms with E-state index in [9.17, 15) is 0 Å². The molecular formula is C15H15N3. The standard InChI is InChI=1S/C15H15N3/c1-3-11-9-10-12-7-5-6-8-13(12)15-14(11)16-18(4-2)17-15/h3,5-9H,1,4,10H2,2H3. The molecule has 0 N–H and O–H groups in total. The fourth-order valence-electron chi connectivity index (χ4n) is 2.29. The van der Waals surface area contributed by atoms with Gasteiger partial charge in [-0.15, -0.1) is 0 Å². The molecule has 0 fully saturated rings. The van der Waals surface area contributed by atoms with Crippen LogP contribution in [0.2, 0.25) is 0 Å². The van der Waals surface area contributed by atoms with Crippen LogP contribution < -0.4 is 0 Å². The highest BCUT2D eigenvalue weighted by atomic mass is 15.5. The van der Waals surface area contributed by atoms with Crippen molar-refractivity contribution in [2.75, 3.05) is 0 Å². The van der Waals surface area contributed by atoms with Crippen molar-refractivity contribution in [3.63, 3.8) is 0 Å². The molecule has 0 unspecified atom stereocenters. The van der Waals surface area contributed by atoms with Gasteiger partial charge in [-0.1, -0.05) is 43.0 Å². The number of allylic oxidation sites excluding steroid dienone is 3. The van der Waals surface area contributed by atoms with E-state index in [2.05, 4.69) is 41.1 Å². The van der Waals surface area contributed by atoms with E-state index in [1.807, 2.05) is 19.1 Å². The minimum atomic E-state index is 0.777. The Morgan fingerprint density at radius 3 is 2.83 bits per heavy atom. The lowest BCUT2D eigenvalue weighted by Gasteiger charge is -2.02. The summed E-state index contributed by atoms with van der Waals surface area (Å²) in [6.45, 7) is 6.70. The van der Waals surface area contributed by atoms with Crippen molar-refractivity contribution in [2.45, 2.75) is 19.9 Å². The van der Waals surface area contributed by atoms with Crippen molar-refractivity contribution in [3.05, 3.63) is 54.3 Å². The van der Waals surface area contributed by atoms with Gasteiger partial charge in [0.25, 0.3) is 0 Å². The monoisotopic (exact) mass is 237 g/mol. The van der Waals surface area contributed by atoms with E-state index in [1.165, 1.54) is 11.1 Å². The van der Waals surface area contributed by atoms with Gasteiger partial charge in [-0.3, -0.25) is 0 Å². The van der Waals surface area contributed by atoms with Crippen LogP contribution in [0.3, 0.4) is 0 Å². The molecule has 2 aromatic rings. The molecule has 0 saturated heterocycles. The SMILES string of the molecule is C=CC1=CCc2ccccc2-c2nn(CC)nc21. The Bertz CT molecular complexity index is 635. The number of rotatable bonds is 2. The van der Waals surface area contributed by atoms with Crippen LogP contribution in [0.1, 0.15) is 18.2 Å². The van der Waals surface area contributed by atoms with E-state index in [1.54, 1.807) is 4.80 Å². The van der Waals surface area contributed by atoms with Gasteiger partial charge < -0.3 is 0 Å². The smallest absolute Gasteiger partial charge is 0.121 e. The van der Waals surface area contributed by atoms with Crippen molar-refractivity contribution in [1.82, 2.24) is 15.0 Å². The van der Waals surface area contributed by atoms with E-state index in [4.69, 9.17) is 0 Å². The normalized spacial score (nSPS) is 13.3. The third-order valence-electron chi connectivity index (χ3n) is 3.25. The van der Waals surface area contributed by atoms with Crippen LogP contribution >= 0.6 is 0 Å². The summed E-state index contributed by atoms with van der Waals surface area (Å²) in [5.41, 5.74) is 5.45. The number of nitrogens with zero attached hydrogens (tertiary/aromatic N) is 3. The zero-order valence-corrected chi connectivity index (χ0v) is 10.4. The van der Waals surface area contributed by atoms with Gasteiger partial charge in [0.15, 0.2) is 0 Å². The van der Waals surface area contributed by atoms with Crippen molar-refractivity contribution >= 4 is 5.57 Å². The Morgan fingerprint density at radius 1 is 1.28 bits per heavy atom. The molecular weight excluding hydrogens is 222 g/mol. The molecule has 0 bridgehead atoms. The van der Waals surface area contributed by atoms with Crippen LogP contribution in [0.15, 0.2) is 43.0 Å². The van der Waals surface area contributed by atoms with E-state index >= 15 is 0 Å². The molecule has 1 heterocycles. The Balaban J connectivity index is 2.29. The van der Waals surface area contributed by atoms with Crippen molar-refractivity contribution < 1.29 is 0 Å². The van der Waals surface area contributed by atoms with Gasteiger partial charge in [-0.2, -0.15) is 15.0 Å². The van der Waals surface area contributed by atoms with Crippen LogP contribution in [0.5, 0.6) is 0 Å². The molecule has 18 heavy (non-hydrogen) atoms. The first-order chi connectivity index (χ1) is 8.83. The molecule has 0 saturated carbocycles. The van der Waals surface area contributed by atoms with Gasteiger partial charge in [0.2, 0.25) is 0 Å². The number of hydrogen-bond acceptors (Lipinski definition) is 2. The van der Waals surface area contributed by atoms with Gasteiger partial charge in [-0.25, -0.2) is 0 Å². The average molecular weight is 237 g/mol. The number of hydrogen-bond donors (Lipinski definition) is 0. The minimum Gasteiger partial charge on any atom is -0.184 e. The number of fused-ring (bicyclic) bond motifs is 3. The third-order valence-corrected chi connectivity index (χ3v) is 3.25. The van der Waals surface area contributed by atoms with E-state index in [0.717, 1.165) is 29.9 Å². The van der Waals surface area contributed by atoms with E-state index in [0.29, 0.717) is 0 Å². The quantitative estimate of drug-likeness (QED) is 0.803. The fourth-order valence-corrected chi connectivity index (χ4v) is 2.29. The van der Waals surface area contributed by atoms with Crippen LogP contribution in [-0.4, -0.2) is 15.0 Å². The summed E-state index contributed by atoms with van der Waals surface area (Å²) in [6, 6.07) is 8.37. The van der Waals surface area contributed by atoms with E-state index in [-0.39, 0.29) is 0 Å². The molecule has 3 rings (SSSR count). The van der Waals surface area contributed by atoms with Crippen molar-refractivity contribution in [1.29, 1.82) is 0 Å². The van der Waals surface area contributed by atoms with Gasteiger partial charge in [0, 0.05) is 11.1 Å². The molecule has 0 amide bonds. The molecule has 90 valence electrons. The largest absolute Gasteiger partial charge is 0.184 e. The Kier molecular flexibility index (Phi) is 2.59.